The molecule has 0 amide bonds. The van der Waals surface area contributed by atoms with E-state index in [2.05, 4.69) is 36.1 Å². The molecule has 1 aliphatic rings. The molecule has 0 radical (unpaired) electrons. The van der Waals surface area contributed by atoms with Gasteiger partial charge in [-0.1, -0.05) is 20.8 Å². The van der Waals surface area contributed by atoms with Crippen LogP contribution in [0.3, 0.4) is 0 Å². The molecule has 16 heavy (non-hydrogen) atoms. The van der Waals surface area contributed by atoms with Crippen LogP contribution in [0.2, 0.25) is 0 Å². The zero-order valence-electron chi connectivity index (χ0n) is 10.5. The SMILES string of the molecule is CCCNC1CC(C)(C)Cc2ncncc21. The van der Waals surface area contributed by atoms with E-state index >= 15 is 0 Å². The molecule has 0 bridgehead atoms. The molecule has 0 aliphatic heterocycles. The standard InChI is InChI=1S/C13H21N3/c1-4-5-15-11-6-13(2,3)7-12-10(11)8-14-9-16-12/h8-9,11,15H,4-7H2,1-3H3. The molecule has 0 saturated carbocycles. The molecule has 0 spiro atoms. The van der Waals surface area contributed by atoms with Crippen LogP contribution in [0.1, 0.15) is 50.9 Å². The normalized spacial score (nSPS) is 22.8. The molecule has 1 atom stereocenters. The van der Waals surface area contributed by atoms with Crippen LogP contribution in [-0.2, 0) is 6.42 Å². The van der Waals surface area contributed by atoms with Crippen LogP contribution >= 0.6 is 0 Å². The highest BCUT2D eigenvalue weighted by Crippen LogP contribution is 2.39. The van der Waals surface area contributed by atoms with Crippen LogP contribution in [0.4, 0.5) is 0 Å². The van der Waals surface area contributed by atoms with E-state index in [1.54, 1.807) is 6.33 Å². The van der Waals surface area contributed by atoms with Crippen LogP contribution in [-0.4, -0.2) is 16.5 Å². The first-order valence-corrected chi connectivity index (χ1v) is 6.14. The summed E-state index contributed by atoms with van der Waals surface area (Å²) in [5, 5.41) is 3.60. The van der Waals surface area contributed by atoms with Crippen LogP contribution in [0.5, 0.6) is 0 Å². The van der Waals surface area contributed by atoms with Crippen molar-refractivity contribution in [3.8, 4) is 0 Å². The van der Waals surface area contributed by atoms with E-state index in [9.17, 15) is 0 Å². The van der Waals surface area contributed by atoms with Gasteiger partial charge in [-0.05, 0) is 31.2 Å². The van der Waals surface area contributed by atoms with Crippen molar-refractivity contribution in [1.29, 1.82) is 0 Å². The number of hydrogen-bond donors (Lipinski definition) is 1. The van der Waals surface area contributed by atoms with E-state index < -0.39 is 0 Å². The Morgan fingerprint density at radius 2 is 2.31 bits per heavy atom. The summed E-state index contributed by atoms with van der Waals surface area (Å²) >= 11 is 0. The molecule has 88 valence electrons. The molecule has 1 N–H and O–H groups in total. The Kier molecular flexibility index (Phi) is 3.24. The maximum Gasteiger partial charge on any atom is 0.115 e. The summed E-state index contributed by atoms with van der Waals surface area (Å²) in [5.74, 6) is 0. The predicted octanol–water partition coefficient (Wildman–Crippen LogP) is 2.49. The molecule has 3 nitrogen and oxygen atoms in total. The number of nitrogens with zero attached hydrogens (tertiary/aromatic N) is 2. The number of nitrogens with one attached hydrogen (secondary N) is 1. The third-order valence-corrected chi connectivity index (χ3v) is 3.25. The zero-order chi connectivity index (χ0) is 11.6. The second-order valence-electron chi connectivity index (χ2n) is 5.48. The van der Waals surface area contributed by atoms with Gasteiger partial charge in [-0.15, -0.1) is 0 Å². The van der Waals surface area contributed by atoms with Gasteiger partial charge in [0.15, 0.2) is 0 Å². The van der Waals surface area contributed by atoms with Gasteiger partial charge in [0.1, 0.15) is 6.33 Å². The number of aromatic nitrogens is 2. The summed E-state index contributed by atoms with van der Waals surface area (Å²) in [6, 6.07) is 0.430. The topological polar surface area (TPSA) is 37.8 Å². The largest absolute Gasteiger partial charge is 0.310 e. The van der Waals surface area contributed by atoms with E-state index in [0.29, 0.717) is 11.5 Å². The molecule has 1 aliphatic carbocycles. The second-order valence-corrected chi connectivity index (χ2v) is 5.48. The zero-order valence-corrected chi connectivity index (χ0v) is 10.5. The van der Waals surface area contributed by atoms with Crippen molar-refractivity contribution in [2.24, 2.45) is 5.41 Å². The fourth-order valence-electron chi connectivity index (χ4n) is 2.49. The maximum absolute atomic E-state index is 4.42. The summed E-state index contributed by atoms with van der Waals surface area (Å²) in [5.41, 5.74) is 2.86. The summed E-state index contributed by atoms with van der Waals surface area (Å²) in [4.78, 5) is 8.58. The van der Waals surface area contributed by atoms with Gasteiger partial charge in [-0.25, -0.2) is 9.97 Å². The Hall–Kier alpha value is -0.960. The molecule has 3 heteroatoms. The smallest absolute Gasteiger partial charge is 0.115 e. The second kappa shape index (κ2) is 4.50. The van der Waals surface area contributed by atoms with Crippen LogP contribution < -0.4 is 5.32 Å². The Balaban J connectivity index is 2.25. The summed E-state index contributed by atoms with van der Waals surface area (Å²) in [6.45, 7) is 7.90. The molecular formula is C13H21N3. The van der Waals surface area contributed by atoms with Gasteiger partial charge in [0.05, 0.1) is 0 Å². The van der Waals surface area contributed by atoms with Crippen molar-refractivity contribution in [3.05, 3.63) is 23.8 Å². The fraction of sp³-hybridized carbons (Fsp3) is 0.692. The van der Waals surface area contributed by atoms with Crippen LogP contribution in [0.25, 0.3) is 0 Å². The van der Waals surface area contributed by atoms with Gasteiger partial charge < -0.3 is 5.32 Å². The van der Waals surface area contributed by atoms with Crippen molar-refractivity contribution < 1.29 is 0 Å². The molecule has 1 heterocycles. The van der Waals surface area contributed by atoms with Gasteiger partial charge in [0.25, 0.3) is 0 Å². The highest BCUT2D eigenvalue weighted by atomic mass is 14.9. The van der Waals surface area contributed by atoms with Crippen LogP contribution in [0, 0.1) is 5.41 Å². The molecule has 2 rings (SSSR count). The van der Waals surface area contributed by atoms with E-state index in [4.69, 9.17) is 0 Å². The van der Waals surface area contributed by atoms with Crippen molar-refractivity contribution in [1.82, 2.24) is 15.3 Å². The number of hydrogen-bond acceptors (Lipinski definition) is 3. The molecule has 0 saturated heterocycles. The summed E-state index contributed by atoms with van der Waals surface area (Å²) in [7, 11) is 0. The third-order valence-electron chi connectivity index (χ3n) is 3.25. The maximum atomic E-state index is 4.42. The molecular weight excluding hydrogens is 198 g/mol. The lowest BCUT2D eigenvalue weighted by Crippen LogP contribution is -2.34. The van der Waals surface area contributed by atoms with Crippen molar-refractivity contribution in [2.75, 3.05) is 6.54 Å². The monoisotopic (exact) mass is 219 g/mol. The van der Waals surface area contributed by atoms with Crippen LogP contribution in [0.15, 0.2) is 12.5 Å². The fourth-order valence-corrected chi connectivity index (χ4v) is 2.49. The number of fused-ring (bicyclic) bond motifs is 1. The first-order valence-electron chi connectivity index (χ1n) is 6.14. The minimum atomic E-state index is 0.340. The van der Waals surface area contributed by atoms with Crippen molar-refractivity contribution >= 4 is 0 Å². The summed E-state index contributed by atoms with van der Waals surface area (Å²) < 4.78 is 0. The third kappa shape index (κ3) is 2.40. The van der Waals surface area contributed by atoms with Gasteiger partial charge in [-0.3, -0.25) is 0 Å². The molecule has 0 fully saturated rings. The highest BCUT2D eigenvalue weighted by molar-refractivity contribution is 5.25. The van der Waals surface area contributed by atoms with E-state index in [-0.39, 0.29) is 0 Å². The van der Waals surface area contributed by atoms with E-state index in [1.165, 1.54) is 24.1 Å². The predicted molar refractivity (Wildman–Crippen MR) is 65.2 cm³/mol. The number of rotatable bonds is 3. The lowest BCUT2D eigenvalue weighted by atomic mass is 9.74. The molecule has 1 unspecified atom stereocenters. The lowest BCUT2D eigenvalue weighted by molar-refractivity contribution is 0.253. The quantitative estimate of drug-likeness (QED) is 0.848. The van der Waals surface area contributed by atoms with Gasteiger partial charge >= 0.3 is 0 Å². The Morgan fingerprint density at radius 3 is 3.06 bits per heavy atom. The highest BCUT2D eigenvalue weighted by Gasteiger charge is 2.32. The van der Waals surface area contributed by atoms with Gasteiger partial charge in [0, 0.05) is 23.5 Å². The van der Waals surface area contributed by atoms with Crippen molar-refractivity contribution in [2.45, 2.75) is 46.1 Å². The first kappa shape index (κ1) is 11.5. The van der Waals surface area contributed by atoms with Gasteiger partial charge in [0.2, 0.25) is 0 Å². The van der Waals surface area contributed by atoms with E-state index in [1.807, 2.05) is 6.20 Å². The van der Waals surface area contributed by atoms with Crippen molar-refractivity contribution in [3.63, 3.8) is 0 Å². The first-order chi connectivity index (χ1) is 7.62. The average Bonchev–Trinajstić information content (AvgIpc) is 2.24. The van der Waals surface area contributed by atoms with Gasteiger partial charge in [-0.2, -0.15) is 0 Å². The summed E-state index contributed by atoms with van der Waals surface area (Å²) in [6.07, 6.45) is 7.05. The Labute approximate surface area is 97.7 Å². The Bertz CT molecular complexity index is 360. The van der Waals surface area contributed by atoms with E-state index in [0.717, 1.165) is 13.0 Å². The lowest BCUT2D eigenvalue weighted by Gasteiger charge is -2.36. The average molecular weight is 219 g/mol. The minimum Gasteiger partial charge on any atom is -0.310 e. The molecule has 1 aromatic rings. The molecule has 1 aromatic heterocycles. The Morgan fingerprint density at radius 1 is 1.50 bits per heavy atom. The minimum absolute atomic E-state index is 0.340. The molecule has 0 aromatic carbocycles.